The van der Waals surface area contributed by atoms with Crippen LogP contribution in [0.15, 0.2) is 253 Å². The molecule has 0 amide bonds. The first kappa shape index (κ1) is 39.1. The van der Waals surface area contributed by atoms with Crippen LogP contribution in [-0.2, 0) is 0 Å². The van der Waals surface area contributed by atoms with Gasteiger partial charge in [0.1, 0.15) is 11.2 Å². The van der Waals surface area contributed by atoms with Crippen LogP contribution in [0, 0.1) is 5.92 Å². The van der Waals surface area contributed by atoms with Crippen LogP contribution in [0.3, 0.4) is 0 Å². The van der Waals surface area contributed by atoms with Crippen LogP contribution in [-0.4, -0.2) is 10.6 Å². The van der Waals surface area contributed by atoms with E-state index in [-0.39, 0.29) is 12.0 Å². The summed E-state index contributed by atoms with van der Waals surface area (Å²) >= 11 is 0. The van der Waals surface area contributed by atoms with Crippen LogP contribution in [0.1, 0.15) is 6.92 Å². The first-order valence-electron chi connectivity index (χ1n) is 22.7. The van der Waals surface area contributed by atoms with Gasteiger partial charge in [0.25, 0.3) is 0 Å². The van der Waals surface area contributed by atoms with Gasteiger partial charge in [0, 0.05) is 84.7 Å². The van der Waals surface area contributed by atoms with Crippen LogP contribution in [0.5, 0.6) is 0 Å². The van der Waals surface area contributed by atoms with Crippen LogP contribution < -0.4 is 14.7 Å². The molecule has 0 bridgehead atoms. The minimum Gasteiger partial charge on any atom is -0.456 e. The molecule has 0 spiro atoms. The lowest BCUT2D eigenvalue weighted by molar-refractivity contribution is 0.609. The lowest BCUT2D eigenvalue weighted by Gasteiger charge is -2.37. The molecule has 12 rings (SSSR count). The monoisotopic (exact) mass is 850 g/mol. The summed E-state index contributed by atoms with van der Waals surface area (Å²) in [5.74, 6) is 0.179. The number of furan rings is 1. The van der Waals surface area contributed by atoms with E-state index in [0.717, 1.165) is 83.6 Å². The summed E-state index contributed by atoms with van der Waals surface area (Å²) in [6.45, 7) is 2.34. The van der Waals surface area contributed by atoms with Gasteiger partial charge >= 0.3 is 0 Å². The molecule has 0 radical (unpaired) electrons. The molecule has 9 aromatic carbocycles. The highest BCUT2D eigenvalue weighted by Gasteiger charge is 2.28. The number of hydrogen-bond acceptors (Lipinski definition) is 4. The van der Waals surface area contributed by atoms with E-state index >= 15 is 0 Å². The fourth-order valence-electron chi connectivity index (χ4n) is 9.96. The Balaban J connectivity index is 1.04. The van der Waals surface area contributed by atoms with E-state index in [0.29, 0.717) is 0 Å². The molecule has 1 aliphatic rings. The van der Waals surface area contributed by atoms with E-state index < -0.39 is 0 Å². The predicted octanol–water partition coefficient (Wildman–Crippen LogP) is 16.9. The fourth-order valence-corrected chi connectivity index (χ4v) is 9.96. The fraction of sp³-hybridized carbons (Fsp3) is 0.0492. The first-order valence-corrected chi connectivity index (χ1v) is 22.7. The molecule has 0 N–H and O–H groups in total. The van der Waals surface area contributed by atoms with Gasteiger partial charge in [-0.05, 0) is 121 Å². The van der Waals surface area contributed by atoms with E-state index in [1.165, 1.54) is 11.4 Å². The summed E-state index contributed by atoms with van der Waals surface area (Å²) in [6, 6.07) is 82.0. The Labute approximate surface area is 384 Å². The SMILES string of the molecule is C[C@@H]1C=C(n2c3ccc(N(c4ccccc4)c4ccccc4)cc3c3cc4oc5cc(N(c6ccccc6)c6ccccc6)ccc5c4cc32)C=CC1N(c1ccccc1)c1ccccc1. The van der Waals surface area contributed by atoms with Crippen molar-refractivity contribution in [2.24, 2.45) is 5.92 Å². The zero-order chi connectivity index (χ0) is 44.0. The Bertz CT molecular complexity index is 3430. The lowest BCUT2D eigenvalue weighted by Crippen LogP contribution is -2.35. The molecule has 0 saturated heterocycles. The molecule has 0 aliphatic heterocycles. The maximum Gasteiger partial charge on any atom is 0.137 e. The van der Waals surface area contributed by atoms with Crippen molar-refractivity contribution < 1.29 is 4.42 Å². The second-order valence-electron chi connectivity index (χ2n) is 17.0. The van der Waals surface area contributed by atoms with Gasteiger partial charge in [-0.15, -0.1) is 0 Å². The number of nitrogens with zero attached hydrogens (tertiary/aromatic N) is 4. The maximum atomic E-state index is 6.90. The summed E-state index contributed by atoms with van der Waals surface area (Å²) in [4.78, 5) is 7.08. The highest BCUT2D eigenvalue weighted by atomic mass is 16.3. The normalized spacial score (nSPS) is 14.8. The van der Waals surface area contributed by atoms with Gasteiger partial charge in [-0.25, -0.2) is 0 Å². The smallest absolute Gasteiger partial charge is 0.137 e. The number of benzene rings is 9. The highest BCUT2D eigenvalue weighted by molar-refractivity contribution is 6.18. The molecule has 2 atom stereocenters. The van der Waals surface area contributed by atoms with Crippen molar-refractivity contribution in [3.8, 4) is 0 Å². The Morgan fingerprint density at radius 3 is 1.32 bits per heavy atom. The molecular weight excluding hydrogens is 805 g/mol. The molecule has 2 aromatic heterocycles. The minimum atomic E-state index is 0.105. The minimum absolute atomic E-state index is 0.105. The zero-order valence-corrected chi connectivity index (χ0v) is 36.5. The number of fused-ring (bicyclic) bond motifs is 6. The Kier molecular flexibility index (Phi) is 9.80. The van der Waals surface area contributed by atoms with Crippen molar-refractivity contribution in [2.45, 2.75) is 13.0 Å². The van der Waals surface area contributed by atoms with Crippen molar-refractivity contribution in [3.05, 3.63) is 249 Å². The van der Waals surface area contributed by atoms with Crippen LogP contribution in [0.2, 0.25) is 0 Å². The zero-order valence-electron chi connectivity index (χ0n) is 36.5. The van der Waals surface area contributed by atoms with Crippen LogP contribution in [0.25, 0.3) is 49.4 Å². The highest BCUT2D eigenvalue weighted by Crippen LogP contribution is 2.45. The lowest BCUT2D eigenvalue weighted by atomic mass is 9.92. The van der Waals surface area contributed by atoms with Gasteiger partial charge in [-0.1, -0.05) is 128 Å². The summed E-state index contributed by atoms with van der Waals surface area (Å²) in [5.41, 5.74) is 13.9. The Hall–Kier alpha value is -8.54. The predicted molar refractivity (Wildman–Crippen MR) is 277 cm³/mol. The average molecular weight is 851 g/mol. The van der Waals surface area contributed by atoms with Crippen molar-refractivity contribution in [2.75, 3.05) is 14.7 Å². The second-order valence-corrected chi connectivity index (χ2v) is 17.0. The van der Waals surface area contributed by atoms with Gasteiger partial charge in [-0.3, -0.25) is 0 Å². The molecule has 2 heterocycles. The van der Waals surface area contributed by atoms with Crippen LogP contribution >= 0.6 is 0 Å². The maximum absolute atomic E-state index is 6.90. The molecular formula is C61H46N4O. The van der Waals surface area contributed by atoms with E-state index in [4.69, 9.17) is 4.42 Å². The first-order chi connectivity index (χ1) is 32.7. The third-order valence-electron chi connectivity index (χ3n) is 13.0. The van der Waals surface area contributed by atoms with Crippen molar-refractivity contribution in [1.29, 1.82) is 0 Å². The molecule has 316 valence electrons. The summed E-state index contributed by atoms with van der Waals surface area (Å²) < 4.78 is 9.36. The number of aromatic nitrogens is 1. The quantitative estimate of drug-likeness (QED) is 0.137. The molecule has 5 heteroatoms. The number of anilines is 8. The number of rotatable bonds is 10. The molecule has 66 heavy (non-hydrogen) atoms. The van der Waals surface area contributed by atoms with Gasteiger partial charge in [0.15, 0.2) is 0 Å². The third-order valence-corrected chi connectivity index (χ3v) is 13.0. The van der Waals surface area contributed by atoms with Crippen LogP contribution in [0.4, 0.5) is 45.5 Å². The Morgan fingerprint density at radius 1 is 0.379 bits per heavy atom. The number of para-hydroxylation sites is 6. The van der Waals surface area contributed by atoms with Crippen molar-refractivity contribution in [1.82, 2.24) is 4.57 Å². The van der Waals surface area contributed by atoms with Gasteiger partial charge in [0.2, 0.25) is 0 Å². The third kappa shape index (κ3) is 6.89. The number of allylic oxidation sites excluding steroid dienone is 2. The Morgan fingerprint density at radius 2 is 0.818 bits per heavy atom. The molecule has 0 saturated carbocycles. The largest absolute Gasteiger partial charge is 0.456 e. The summed E-state index contributed by atoms with van der Waals surface area (Å²) in [6.07, 6.45) is 7.15. The van der Waals surface area contributed by atoms with Gasteiger partial charge in [-0.2, -0.15) is 0 Å². The summed E-state index contributed by atoms with van der Waals surface area (Å²) in [7, 11) is 0. The summed E-state index contributed by atoms with van der Waals surface area (Å²) in [5, 5.41) is 4.45. The molecule has 0 fully saturated rings. The van der Waals surface area contributed by atoms with Gasteiger partial charge in [0.05, 0.1) is 17.1 Å². The van der Waals surface area contributed by atoms with Crippen molar-refractivity contribution in [3.63, 3.8) is 0 Å². The van der Waals surface area contributed by atoms with E-state index in [9.17, 15) is 0 Å². The van der Waals surface area contributed by atoms with Crippen molar-refractivity contribution >= 4 is 94.9 Å². The second kappa shape index (κ2) is 16.5. The molecule has 5 nitrogen and oxygen atoms in total. The van der Waals surface area contributed by atoms with Gasteiger partial charge < -0.3 is 23.7 Å². The number of hydrogen-bond donors (Lipinski definition) is 0. The molecule has 1 aliphatic carbocycles. The molecule has 11 aromatic rings. The molecule has 1 unspecified atom stereocenters. The topological polar surface area (TPSA) is 27.8 Å². The van der Waals surface area contributed by atoms with E-state index in [1.807, 2.05) is 0 Å². The standard InChI is InChI=1S/C61H46N4O/c1-43-38-50(33-36-57(43)64(48-28-16-6-17-29-48)49-30-18-7-19-31-49)65-58-37-34-51(62(44-20-8-2-9-21-44)45-22-10-3-11-23-45)39-54(58)55-42-61-56(41-59(55)65)53-35-32-52(40-60(53)66-61)63(46-24-12-4-13-25-46)47-26-14-5-15-27-47/h2-43,57H,1H3/t43-,57?/m1/s1. The average Bonchev–Trinajstić information content (AvgIpc) is 3.90. The van der Waals surface area contributed by atoms with E-state index in [1.54, 1.807) is 0 Å². The van der Waals surface area contributed by atoms with E-state index in [2.05, 4.69) is 275 Å².